The van der Waals surface area contributed by atoms with Crippen molar-refractivity contribution in [1.29, 1.82) is 0 Å². The lowest BCUT2D eigenvalue weighted by molar-refractivity contribution is -0.121. The first-order valence-electron chi connectivity index (χ1n) is 11.1. The summed E-state index contributed by atoms with van der Waals surface area (Å²) in [5, 5.41) is 2.50. The van der Waals surface area contributed by atoms with Crippen LogP contribution in [0.2, 0.25) is 5.02 Å². The number of nitrogens with one attached hydrogen (secondary N) is 1. The molecule has 7 heteroatoms. The van der Waals surface area contributed by atoms with Crippen molar-refractivity contribution in [3.8, 4) is 0 Å². The molecular weight excluding hydrogens is 410 g/mol. The number of carbonyl (C=O) groups excluding carboxylic acids is 1. The van der Waals surface area contributed by atoms with Crippen LogP contribution in [-0.2, 0) is 4.79 Å². The minimum absolute atomic E-state index is 0.00667. The van der Waals surface area contributed by atoms with Crippen molar-refractivity contribution in [2.24, 2.45) is 4.99 Å². The number of hydrogen-bond donors (Lipinski definition) is 1. The SMILES string of the molecule is CCCCCC(=O)NN1c2ccc(Cl)cc2N=C(N2CCN(C)CC2)c2ccccc21. The fourth-order valence-electron chi connectivity index (χ4n) is 4.03. The van der Waals surface area contributed by atoms with Crippen molar-refractivity contribution in [2.45, 2.75) is 32.6 Å². The van der Waals surface area contributed by atoms with Crippen LogP contribution in [0.4, 0.5) is 17.1 Å². The number of fused-ring (bicyclic) bond motifs is 2. The summed E-state index contributed by atoms with van der Waals surface area (Å²) in [6.07, 6.45) is 3.52. The van der Waals surface area contributed by atoms with E-state index in [0.717, 1.165) is 73.9 Å². The number of piperazine rings is 1. The molecule has 0 aromatic heterocycles. The summed E-state index contributed by atoms with van der Waals surface area (Å²) in [5.74, 6) is 0.933. The second-order valence-corrected chi connectivity index (χ2v) is 8.64. The van der Waals surface area contributed by atoms with Gasteiger partial charge in [0, 0.05) is 43.2 Å². The molecule has 0 radical (unpaired) electrons. The maximum atomic E-state index is 12.8. The van der Waals surface area contributed by atoms with Crippen LogP contribution in [-0.4, -0.2) is 54.8 Å². The van der Waals surface area contributed by atoms with Crippen LogP contribution >= 0.6 is 11.6 Å². The van der Waals surface area contributed by atoms with E-state index >= 15 is 0 Å². The predicted molar refractivity (Wildman–Crippen MR) is 128 cm³/mol. The van der Waals surface area contributed by atoms with Crippen molar-refractivity contribution in [3.63, 3.8) is 0 Å². The second-order valence-electron chi connectivity index (χ2n) is 8.20. The van der Waals surface area contributed by atoms with Crippen LogP contribution in [0.5, 0.6) is 0 Å². The van der Waals surface area contributed by atoms with Crippen LogP contribution in [0.15, 0.2) is 47.5 Å². The maximum absolute atomic E-state index is 12.8. The molecule has 164 valence electrons. The van der Waals surface area contributed by atoms with Gasteiger partial charge in [-0.2, -0.15) is 0 Å². The Hall–Kier alpha value is -2.57. The number of carbonyl (C=O) groups is 1. The number of halogens is 1. The molecule has 2 aromatic rings. The Bertz CT molecular complexity index is 968. The Labute approximate surface area is 189 Å². The first-order chi connectivity index (χ1) is 15.1. The Balaban J connectivity index is 1.75. The molecule has 1 amide bonds. The Morgan fingerprint density at radius 2 is 1.84 bits per heavy atom. The van der Waals surface area contributed by atoms with E-state index in [1.807, 2.05) is 41.4 Å². The van der Waals surface area contributed by atoms with E-state index in [9.17, 15) is 4.79 Å². The van der Waals surface area contributed by atoms with Gasteiger partial charge in [-0.25, -0.2) is 4.99 Å². The molecule has 2 aliphatic rings. The molecule has 2 aromatic carbocycles. The summed E-state index contributed by atoms with van der Waals surface area (Å²) >= 11 is 6.34. The van der Waals surface area contributed by atoms with Crippen LogP contribution in [0.3, 0.4) is 0 Å². The van der Waals surface area contributed by atoms with Gasteiger partial charge in [0.25, 0.3) is 0 Å². The normalized spacial score (nSPS) is 16.3. The fraction of sp³-hybridized carbons (Fsp3) is 0.417. The van der Waals surface area contributed by atoms with Crippen molar-refractivity contribution in [2.75, 3.05) is 38.2 Å². The number of benzene rings is 2. The zero-order valence-corrected chi connectivity index (χ0v) is 19.0. The first-order valence-corrected chi connectivity index (χ1v) is 11.5. The van der Waals surface area contributed by atoms with Gasteiger partial charge in [0.2, 0.25) is 5.91 Å². The highest BCUT2D eigenvalue weighted by atomic mass is 35.5. The Morgan fingerprint density at radius 3 is 2.61 bits per heavy atom. The summed E-state index contributed by atoms with van der Waals surface area (Å²) < 4.78 is 0. The number of nitrogens with zero attached hydrogens (tertiary/aromatic N) is 4. The van der Waals surface area contributed by atoms with Gasteiger partial charge in [-0.1, -0.05) is 43.5 Å². The van der Waals surface area contributed by atoms with Crippen molar-refractivity contribution in [1.82, 2.24) is 15.2 Å². The monoisotopic (exact) mass is 439 g/mol. The second kappa shape index (κ2) is 9.71. The highest BCUT2D eigenvalue weighted by Gasteiger charge is 2.28. The number of amides is 1. The summed E-state index contributed by atoms with van der Waals surface area (Å²) in [6.45, 7) is 5.93. The molecule has 0 atom stereocenters. The summed E-state index contributed by atoms with van der Waals surface area (Å²) in [5.41, 5.74) is 6.64. The van der Waals surface area contributed by atoms with E-state index in [1.54, 1.807) is 0 Å². The molecule has 0 unspecified atom stereocenters. The molecule has 4 rings (SSSR count). The van der Waals surface area contributed by atoms with E-state index in [1.165, 1.54) is 0 Å². The van der Waals surface area contributed by atoms with E-state index in [4.69, 9.17) is 16.6 Å². The summed E-state index contributed by atoms with van der Waals surface area (Å²) in [6, 6.07) is 13.8. The number of aliphatic imine (C=N–C) groups is 1. The molecule has 0 bridgehead atoms. The van der Waals surface area contributed by atoms with Crippen LogP contribution in [0.1, 0.15) is 38.2 Å². The Kier molecular flexibility index (Phi) is 6.78. The zero-order valence-electron chi connectivity index (χ0n) is 18.3. The molecule has 31 heavy (non-hydrogen) atoms. The molecule has 6 nitrogen and oxygen atoms in total. The van der Waals surface area contributed by atoms with Crippen molar-refractivity contribution < 1.29 is 4.79 Å². The third-order valence-corrected chi connectivity index (χ3v) is 6.07. The number of hydrazine groups is 1. The lowest BCUT2D eigenvalue weighted by Gasteiger charge is -2.35. The lowest BCUT2D eigenvalue weighted by Crippen LogP contribution is -2.47. The lowest BCUT2D eigenvalue weighted by atomic mass is 10.1. The van der Waals surface area contributed by atoms with E-state index in [2.05, 4.69) is 35.3 Å². The fourth-order valence-corrected chi connectivity index (χ4v) is 4.20. The molecule has 2 heterocycles. The summed E-state index contributed by atoms with van der Waals surface area (Å²) in [4.78, 5) is 22.5. The number of unbranched alkanes of at least 4 members (excludes halogenated alkanes) is 2. The quantitative estimate of drug-likeness (QED) is 0.684. The van der Waals surface area contributed by atoms with Gasteiger partial charge in [-0.05, 0) is 43.8 Å². The van der Waals surface area contributed by atoms with Crippen LogP contribution in [0.25, 0.3) is 0 Å². The standard InChI is InChI=1S/C24H30ClN5O/c1-3-4-5-10-23(31)27-30-21-9-7-6-8-19(21)24(29-15-13-28(2)14-16-29)26-20-17-18(25)11-12-22(20)30/h6-9,11-12,17H,3-5,10,13-16H2,1-2H3,(H,27,31). The van der Waals surface area contributed by atoms with E-state index in [0.29, 0.717) is 11.4 Å². The predicted octanol–water partition coefficient (Wildman–Crippen LogP) is 4.73. The maximum Gasteiger partial charge on any atom is 0.238 e. The zero-order chi connectivity index (χ0) is 21.8. The average molecular weight is 440 g/mol. The molecule has 0 spiro atoms. The minimum atomic E-state index is 0.00667. The average Bonchev–Trinajstić information content (AvgIpc) is 2.89. The number of anilines is 2. The van der Waals surface area contributed by atoms with Gasteiger partial charge in [0.1, 0.15) is 5.84 Å². The van der Waals surface area contributed by atoms with E-state index < -0.39 is 0 Å². The molecule has 0 saturated carbocycles. The molecule has 2 aliphatic heterocycles. The highest BCUT2D eigenvalue weighted by molar-refractivity contribution is 6.31. The number of rotatable bonds is 5. The largest absolute Gasteiger partial charge is 0.353 e. The molecule has 1 N–H and O–H groups in total. The van der Waals surface area contributed by atoms with Crippen molar-refractivity contribution in [3.05, 3.63) is 53.1 Å². The number of amidine groups is 1. The van der Waals surface area contributed by atoms with E-state index in [-0.39, 0.29) is 5.91 Å². The van der Waals surface area contributed by atoms with Gasteiger partial charge in [-0.15, -0.1) is 0 Å². The van der Waals surface area contributed by atoms with Crippen molar-refractivity contribution >= 4 is 40.4 Å². The molecule has 0 aliphatic carbocycles. The van der Waals surface area contributed by atoms with Gasteiger partial charge in [0.05, 0.1) is 17.1 Å². The van der Waals surface area contributed by atoms with Gasteiger partial charge >= 0.3 is 0 Å². The van der Waals surface area contributed by atoms with Crippen LogP contribution in [0, 0.1) is 0 Å². The third-order valence-electron chi connectivity index (χ3n) is 5.84. The van der Waals surface area contributed by atoms with Gasteiger partial charge < -0.3 is 9.80 Å². The van der Waals surface area contributed by atoms with Crippen LogP contribution < -0.4 is 10.4 Å². The molecular formula is C24H30ClN5O. The number of likely N-dealkylation sites (N-methyl/N-ethyl adjacent to an activating group) is 1. The first kappa shape index (κ1) is 21.7. The number of para-hydroxylation sites is 1. The number of hydrogen-bond acceptors (Lipinski definition) is 5. The minimum Gasteiger partial charge on any atom is -0.353 e. The van der Waals surface area contributed by atoms with Gasteiger partial charge in [-0.3, -0.25) is 15.2 Å². The third kappa shape index (κ3) is 4.86. The topological polar surface area (TPSA) is 51.2 Å². The Morgan fingerprint density at radius 1 is 1.06 bits per heavy atom. The molecule has 1 saturated heterocycles. The molecule has 1 fully saturated rings. The summed E-state index contributed by atoms with van der Waals surface area (Å²) in [7, 11) is 2.14. The van der Waals surface area contributed by atoms with Gasteiger partial charge in [0.15, 0.2) is 0 Å². The highest BCUT2D eigenvalue weighted by Crippen LogP contribution is 2.40. The smallest absolute Gasteiger partial charge is 0.238 e.